The average Bonchev–Trinajstić information content (AvgIpc) is 0.914. The molecule has 0 aromatic heterocycles. The summed E-state index contributed by atoms with van der Waals surface area (Å²) in [5.74, 6) is -3.69. The molecule has 86 heavy (non-hydrogen) atoms. The van der Waals surface area contributed by atoms with Gasteiger partial charge in [-0.15, -0.1) is 6.58 Å². The molecule has 0 bridgehead atoms. The highest BCUT2D eigenvalue weighted by atomic mass is 35.6. The molecule has 5 aromatic rings. The molecule has 15 atom stereocenters. The highest BCUT2D eigenvalue weighted by Crippen LogP contribution is 2.39. The summed E-state index contributed by atoms with van der Waals surface area (Å²) in [6.45, 7) is 8.86. The van der Waals surface area contributed by atoms with E-state index in [9.17, 15) is 19.2 Å². The molecule has 0 unspecified atom stereocenters. The first-order valence-electron chi connectivity index (χ1n) is 28.1. The molecule has 8 rings (SSSR count). The van der Waals surface area contributed by atoms with Crippen molar-refractivity contribution in [2.75, 3.05) is 19.8 Å². The highest BCUT2D eigenvalue weighted by molar-refractivity contribution is 6.76. The molecule has 1 amide bonds. The maximum atomic E-state index is 13.9. The Morgan fingerprint density at radius 2 is 0.907 bits per heavy atom. The summed E-state index contributed by atoms with van der Waals surface area (Å²) in [6.07, 6.45) is -16.5. The third-order valence-corrected chi connectivity index (χ3v) is 14.6. The van der Waals surface area contributed by atoms with E-state index in [1.54, 1.807) is 6.92 Å². The van der Waals surface area contributed by atoms with Gasteiger partial charge in [0.15, 0.2) is 31.1 Å². The van der Waals surface area contributed by atoms with E-state index in [1.807, 2.05) is 152 Å². The Kier molecular flexibility index (Phi) is 25.3. The van der Waals surface area contributed by atoms with Crippen LogP contribution >= 0.6 is 34.8 Å². The molecule has 462 valence electrons. The average molecular weight is 1250 g/mol. The Morgan fingerprint density at radius 3 is 1.38 bits per heavy atom. The van der Waals surface area contributed by atoms with Crippen molar-refractivity contribution in [2.24, 2.45) is 0 Å². The number of carbonyl (C=O) groups is 4. The number of rotatable bonds is 28. The fraction of sp³-hybridized carbons (Fsp3) is 0.438. The van der Waals surface area contributed by atoms with Crippen LogP contribution in [0.2, 0.25) is 0 Å². The molecule has 0 aliphatic carbocycles. The van der Waals surface area contributed by atoms with Crippen LogP contribution in [0.3, 0.4) is 0 Å². The molecule has 19 nitrogen and oxygen atoms in total. The number of benzene rings is 5. The number of nitrogens with one attached hydrogen (secondary N) is 1. The molecular formula is C64H72Cl3NO18. The van der Waals surface area contributed by atoms with Gasteiger partial charge in [0.25, 0.3) is 9.70 Å². The lowest BCUT2D eigenvalue weighted by Gasteiger charge is -2.51. The Bertz CT molecular complexity index is 2880. The second-order valence-corrected chi connectivity index (χ2v) is 22.9. The third-order valence-electron chi connectivity index (χ3n) is 14.1. The van der Waals surface area contributed by atoms with Gasteiger partial charge in [-0.2, -0.15) is 0 Å². The minimum Gasteiger partial charge on any atom is -0.463 e. The molecular weight excluding hydrogens is 1180 g/mol. The Hall–Kier alpha value is -5.85. The fourth-order valence-electron chi connectivity index (χ4n) is 10.1. The van der Waals surface area contributed by atoms with Crippen LogP contribution in [0.5, 0.6) is 0 Å². The molecule has 0 saturated carbocycles. The molecule has 22 heteroatoms. The van der Waals surface area contributed by atoms with Crippen LogP contribution in [0.1, 0.15) is 55.5 Å². The van der Waals surface area contributed by atoms with E-state index in [0.29, 0.717) is 0 Å². The van der Waals surface area contributed by atoms with Crippen LogP contribution in [0, 0.1) is 0 Å². The molecule has 3 saturated heterocycles. The van der Waals surface area contributed by atoms with Crippen molar-refractivity contribution in [2.45, 2.75) is 157 Å². The number of carbonyl (C=O) groups excluding carboxylic acids is 4. The second kappa shape index (κ2) is 32.9. The van der Waals surface area contributed by atoms with E-state index in [1.165, 1.54) is 6.08 Å². The van der Waals surface area contributed by atoms with E-state index >= 15 is 0 Å². The van der Waals surface area contributed by atoms with Crippen molar-refractivity contribution in [3.05, 3.63) is 192 Å². The Balaban J connectivity index is 1.28. The van der Waals surface area contributed by atoms with Gasteiger partial charge in [-0.25, -0.2) is 0 Å². The first kappa shape index (κ1) is 66.1. The van der Waals surface area contributed by atoms with Gasteiger partial charge in [0.2, 0.25) is 0 Å². The number of halogens is 3. The number of amides is 1. The van der Waals surface area contributed by atoms with Gasteiger partial charge in [0.1, 0.15) is 61.5 Å². The minimum absolute atomic E-state index is 0.0286. The summed E-state index contributed by atoms with van der Waals surface area (Å²) in [4.78, 5) is 52.3. The first-order chi connectivity index (χ1) is 41.5. The smallest absolute Gasteiger partial charge is 0.303 e. The summed E-state index contributed by atoms with van der Waals surface area (Å²) in [7, 11) is 0. The maximum absolute atomic E-state index is 13.9. The molecule has 0 radical (unpaired) electrons. The summed E-state index contributed by atoms with van der Waals surface area (Å²) in [5.41, 5.74) is 4.27. The number of esters is 3. The van der Waals surface area contributed by atoms with Crippen LogP contribution in [0.4, 0.5) is 0 Å². The molecule has 3 aliphatic rings. The van der Waals surface area contributed by atoms with E-state index < -0.39 is 126 Å². The topological polar surface area (TPSA) is 210 Å². The molecule has 5 aromatic carbocycles. The number of hydrogen-bond donors (Lipinski definition) is 1. The molecule has 3 fully saturated rings. The second-order valence-electron chi connectivity index (χ2n) is 20.6. The lowest BCUT2D eigenvalue weighted by atomic mass is 9.94. The summed E-state index contributed by atoms with van der Waals surface area (Å²) < 4.78 is 90.4. The van der Waals surface area contributed by atoms with Crippen molar-refractivity contribution in [1.29, 1.82) is 0 Å². The van der Waals surface area contributed by atoms with E-state index in [4.69, 9.17) is 101 Å². The summed E-state index contributed by atoms with van der Waals surface area (Å²) in [6, 6.07) is 46.3. The zero-order chi connectivity index (χ0) is 61.0. The SMILES string of the molecule is C=CCO[C@@H]1O[C@@H](C)[C@H](OCc2ccccc2)[C@@H](O[C@H]2O[C@H](COCc3ccccc3)[C@@H](OCc3ccccc3)[C@H](OCc3ccccc3)[C@H]2OCc2ccccc2)[C@H]1O[C@@H]1O[C@H](COC(C)=O)[C@@H](OC(C)=O)[C@H](OC(C)=O)[C@H]1NC(=O)C(Cl)(Cl)Cl. The van der Waals surface area contributed by atoms with Gasteiger partial charge >= 0.3 is 17.9 Å². The van der Waals surface area contributed by atoms with Gasteiger partial charge in [-0.05, 0) is 34.7 Å². The van der Waals surface area contributed by atoms with Crippen LogP contribution in [0.25, 0.3) is 0 Å². The Morgan fingerprint density at radius 1 is 0.477 bits per heavy atom. The van der Waals surface area contributed by atoms with Gasteiger partial charge in [-0.3, -0.25) is 19.2 Å². The maximum Gasteiger partial charge on any atom is 0.303 e. The number of alkyl halides is 3. The molecule has 3 aliphatic heterocycles. The lowest BCUT2D eigenvalue weighted by molar-refractivity contribution is -0.391. The standard InChI is InChI=1S/C64H72Cl3NO18/c1-6-32-74-61-59(86-60-51(68-63(72)64(65,66)67)55(82-43(5)71)54(81-42(4)70)50(83-60)39-75-41(3)69)57(52(40(2)80-61)76-34-45-24-14-8-15-25-45)85-62-58(79-37-48-30-20-11-21-31-48)56(78-36-47-28-18-10-19-29-47)53(77-35-46-26-16-9-17-27-46)49(84-62)38-73-33-44-22-12-7-13-23-44/h6-31,40,49-62H,1,32-39H2,2-5H3,(H,68,72)/t40-,49+,50+,51+,52-,53+,54+,55+,56-,57+,58+,59+,60-,61+,62+/m0/s1. The lowest BCUT2D eigenvalue weighted by Crippen LogP contribution is -2.70. The van der Waals surface area contributed by atoms with E-state index in [2.05, 4.69) is 11.9 Å². The number of hydrogen-bond acceptors (Lipinski definition) is 18. The van der Waals surface area contributed by atoms with E-state index in [0.717, 1.165) is 48.6 Å². The van der Waals surface area contributed by atoms with Gasteiger partial charge in [-0.1, -0.05) is 193 Å². The van der Waals surface area contributed by atoms with Crippen molar-refractivity contribution in [3.8, 4) is 0 Å². The van der Waals surface area contributed by atoms with E-state index in [-0.39, 0.29) is 46.2 Å². The normalized spacial score (nSPS) is 27.5. The summed E-state index contributed by atoms with van der Waals surface area (Å²) in [5, 5.41) is 2.58. The van der Waals surface area contributed by atoms with Crippen LogP contribution < -0.4 is 5.32 Å². The first-order valence-corrected chi connectivity index (χ1v) is 29.3. The largest absolute Gasteiger partial charge is 0.463 e. The number of ether oxygens (including phenoxy) is 14. The van der Waals surface area contributed by atoms with Crippen LogP contribution in [-0.4, -0.2) is 139 Å². The van der Waals surface area contributed by atoms with Gasteiger partial charge in [0, 0.05) is 20.8 Å². The zero-order valence-corrected chi connectivity index (χ0v) is 50.3. The highest BCUT2D eigenvalue weighted by Gasteiger charge is 2.58. The van der Waals surface area contributed by atoms with Crippen molar-refractivity contribution in [1.82, 2.24) is 5.32 Å². The van der Waals surface area contributed by atoms with Crippen molar-refractivity contribution in [3.63, 3.8) is 0 Å². The third kappa shape index (κ3) is 19.3. The summed E-state index contributed by atoms with van der Waals surface area (Å²) >= 11 is 18.6. The van der Waals surface area contributed by atoms with Crippen LogP contribution in [-0.2, 0) is 119 Å². The van der Waals surface area contributed by atoms with Crippen molar-refractivity contribution < 1.29 is 85.5 Å². The van der Waals surface area contributed by atoms with Gasteiger partial charge in [0.05, 0.1) is 52.4 Å². The quantitative estimate of drug-likeness (QED) is 0.0214. The fourth-order valence-corrected chi connectivity index (χ4v) is 10.3. The Labute approximate surface area is 515 Å². The molecule has 0 spiro atoms. The van der Waals surface area contributed by atoms with Gasteiger partial charge < -0.3 is 71.6 Å². The predicted octanol–water partition coefficient (Wildman–Crippen LogP) is 8.99. The minimum atomic E-state index is -2.62. The zero-order valence-electron chi connectivity index (χ0n) is 48.0. The molecule has 3 heterocycles. The monoisotopic (exact) mass is 1250 g/mol. The predicted molar refractivity (Wildman–Crippen MR) is 314 cm³/mol. The molecule has 1 N–H and O–H groups in total. The van der Waals surface area contributed by atoms with Crippen LogP contribution in [0.15, 0.2) is 164 Å². The van der Waals surface area contributed by atoms with Crippen molar-refractivity contribution >= 4 is 58.6 Å².